The van der Waals surface area contributed by atoms with Gasteiger partial charge in [-0.05, 0) is 18.9 Å². The van der Waals surface area contributed by atoms with Crippen molar-refractivity contribution in [1.82, 2.24) is 4.67 Å². The van der Waals surface area contributed by atoms with Crippen molar-refractivity contribution >= 4 is 26.7 Å². The van der Waals surface area contributed by atoms with Crippen LogP contribution in [0.1, 0.15) is 33.6 Å². The average molecular weight is 398 g/mol. The van der Waals surface area contributed by atoms with Crippen LogP contribution in [0, 0.1) is 0 Å². The molecule has 2 nitrogen and oxygen atoms in total. The molecule has 27 heavy (non-hydrogen) atoms. The van der Waals surface area contributed by atoms with Gasteiger partial charge in [0, 0.05) is 17.7 Å². The van der Waals surface area contributed by atoms with E-state index in [0.717, 1.165) is 0 Å². The Kier molecular flexibility index (Phi) is 5.33. The first kappa shape index (κ1) is 19.3. The smallest absolute Gasteiger partial charge is 0.117 e. The van der Waals surface area contributed by atoms with Gasteiger partial charge >= 0.3 is 0 Å². The van der Waals surface area contributed by atoms with E-state index in [4.69, 9.17) is 4.52 Å². The monoisotopic (exact) mass is 397 g/mol. The molecule has 4 rings (SSSR count). The lowest BCUT2D eigenvalue weighted by atomic mass is 10.1. The minimum absolute atomic E-state index is 0.226. The summed E-state index contributed by atoms with van der Waals surface area (Å²) in [6, 6.07) is 24.2. The largest absolute Gasteiger partial charge is 0.338 e. The molecule has 4 heteroatoms. The predicted octanol–water partition coefficient (Wildman–Crippen LogP) is 4.85. The van der Waals surface area contributed by atoms with Crippen molar-refractivity contribution in [2.24, 2.45) is 0 Å². The van der Waals surface area contributed by atoms with Crippen LogP contribution in [0.5, 0.6) is 0 Å². The fourth-order valence-electron chi connectivity index (χ4n) is 4.77. The molecule has 2 aliphatic rings. The number of fused-ring (bicyclic) bond motifs is 1. The zero-order valence-electron chi connectivity index (χ0n) is 17.1. The van der Waals surface area contributed by atoms with E-state index < -0.39 is 16.4 Å². The van der Waals surface area contributed by atoms with Crippen molar-refractivity contribution < 1.29 is 4.52 Å². The van der Waals surface area contributed by atoms with Crippen LogP contribution in [0.3, 0.4) is 0 Å². The van der Waals surface area contributed by atoms with Gasteiger partial charge in [0.25, 0.3) is 0 Å². The molecule has 0 radical (unpaired) electrons. The molecular formula is C23H32NOPSi. The highest BCUT2D eigenvalue weighted by Gasteiger charge is 2.51. The van der Waals surface area contributed by atoms with E-state index in [2.05, 4.69) is 92.7 Å². The lowest BCUT2D eigenvalue weighted by Crippen LogP contribution is -2.58. The molecule has 0 bridgehead atoms. The van der Waals surface area contributed by atoms with Gasteiger partial charge in [0.05, 0.1) is 6.10 Å². The molecule has 0 spiro atoms. The van der Waals surface area contributed by atoms with Gasteiger partial charge in [-0.25, -0.2) is 0 Å². The Bertz CT molecular complexity index is 721. The Balaban J connectivity index is 1.69. The predicted molar refractivity (Wildman–Crippen MR) is 120 cm³/mol. The zero-order chi connectivity index (χ0) is 19.1. The zero-order valence-corrected chi connectivity index (χ0v) is 19.0. The highest BCUT2D eigenvalue weighted by molar-refractivity contribution is 7.52. The molecule has 0 aliphatic carbocycles. The molecule has 3 atom stereocenters. The van der Waals surface area contributed by atoms with E-state index in [1.54, 1.807) is 0 Å². The molecule has 0 N–H and O–H groups in total. The molecule has 2 saturated heterocycles. The minimum atomic E-state index is -1.86. The van der Waals surface area contributed by atoms with Gasteiger partial charge in [-0.1, -0.05) is 98.4 Å². The quantitative estimate of drug-likeness (QED) is 0.540. The van der Waals surface area contributed by atoms with E-state index in [0.29, 0.717) is 12.1 Å². The van der Waals surface area contributed by atoms with Crippen molar-refractivity contribution in [3.05, 3.63) is 60.7 Å². The molecule has 0 aromatic heterocycles. The minimum Gasteiger partial charge on any atom is -0.338 e. The molecular weight excluding hydrogens is 365 g/mol. The molecule has 2 fully saturated rings. The summed E-state index contributed by atoms with van der Waals surface area (Å²) in [5.41, 5.74) is 0. The topological polar surface area (TPSA) is 12.5 Å². The first-order valence-corrected chi connectivity index (χ1v) is 14.2. The Morgan fingerprint density at radius 2 is 1.56 bits per heavy atom. The van der Waals surface area contributed by atoms with E-state index in [-0.39, 0.29) is 5.16 Å². The molecule has 2 heterocycles. The maximum atomic E-state index is 6.86. The lowest BCUT2D eigenvalue weighted by Gasteiger charge is -2.33. The van der Waals surface area contributed by atoms with Gasteiger partial charge in [0.1, 0.15) is 16.4 Å². The summed E-state index contributed by atoms with van der Waals surface area (Å²) >= 11 is 0. The van der Waals surface area contributed by atoms with E-state index in [1.165, 1.54) is 35.8 Å². The van der Waals surface area contributed by atoms with E-state index in [9.17, 15) is 0 Å². The van der Waals surface area contributed by atoms with Gasteiger partial charge in [0.15, 0.2) is 0 Å². The molecule has 144 valence electrons. The van der Waals surface area contributed by atoms with Crippen molar-refractivity contribution in [2.75, 3.05) is 6.54 Å². The summed E-state index contributed by atoms with van der Waals surface area (Å²) < 4.78 is 9.58. The maximum absolute atomic E-state index is 6.86. The number of benzene rings is 2. The van der Waals surface area contributed by atoms with E-state index >= 15 is 0 Å². The van der Waals surface area contributed by atoms with Crippen molar-refractivity contribution in [2.45, 2.75) is 63.5 Å². The van der Waals surface area contributed by atoms with Crippen LogP contribution >= 0.6 is 8.30 Å². The molecule has 0 saturated carbocycles. The summed E-state index contributed by atoms with van der Waals surface area (Å²) in [5.74, 6) is 0. The number of hydrogen-bond donors (Lipinski definition) is 0. The van der Waals surface area contributed by atoms with Crippen LogP contribution in [0.2, 0.25) is 12.6 Å². The second kappa shape index (κ2) is 7.44. The Morgan fingerprint density at radius 3 is 2.07 bits per heavy atom. The third kappa shape index (κ3) is 3.68. The standard InChI is InChI=1S/C23H32NOPSi/c1-23(2,3)26-24-17-11-16-21(24)22(25-26)18-27(4,19-12-7-5-8-13-19)20-14-9-6-10-15-20/h5-10,12-15,21-22H,11,16-18H2,1-4H3/t21-,22+,26-/m1/s1. The normalized spacial score (nSPS) is 26.3. The summed E-state index contributed by atoms with van der Waals surface area (Å²) in [6.45, 7) is 10.8. The molecule has 0 amide bonds. The summed E-state index contributed by atoms with van der Waals surface area (Å²) in [4.78, 5) is 0. The van der Waals surface area contributed by atoms with Crippen molar-refractivity contribution in [1.29, 1.82) is 0 Å². The highest BCUT2D eigenvalue weighted by Crippen LogP contribution is 2.63. The Hall–Kier alpha value is -0.993. The summed E-state index contributed by atoms with van der Waals surface area (Å²) in [7, 11) is -2.36. The first-order chi connectivity index (χ1) is 12.9. The van der Waals surface area contributed by atoms with Gasteiger partial charge in [-0.2, -0.15) is 0 Å². The number of rotatable bonds is 4. The van der Waals surface area contributed by atoms with Crippen LogP contribution in [-0.2, 0) is 4.52 Å². The second-order valence-electron chi connectivity index (χ2n) is 9.23. The third-order valence-electron chi connectivity index (χ3n) is 6.17. The summed E-state index contributed by atoms with van der Waals surface area (Å²) in [6.07, 6.45) is 3.00. The van der Waals surface area contributed by atoms with Crippen molar-refractivity contribution in [3.8, 4) is 0 Å². The van der Waals surface area contributed by atoms with Crippen LogP contribution < -0.4 is 10.4 Å². The second-order valence-corrected chi connectivity index (χ2v) is 16.1. The molecule has 2 aromatic rings. The fourth-order valence-corrected chi connectivity index (χ4v) is 11.3. The Morgan fingerprint density at radius 1 is 1.00 bits per heavy atom. The molecule has 0 unspecified atom stereocenters. The van der Waals surface area contributed by atoms with Crippen LogP contribution in [0.4, 0.5) is 0 Å². The third-order valence-corrected chi connectivity index (χ3v) is 13.2. The van der Waals surface area contributed by atoms with Gasteiger partial charge in [-0.15, -0.1) is 0 Å². The Labute approximate surface area is 166 Å². The van der Waals surface area contributed by atoms with Gasteiger partial charge in [-0.3, -0.25) is 4.67 Å². The average Bonchev–Trinajstić information content (AvgIpc) is 3.26. The van der Waals surface area contributed by atoms with Gasteiger partial charge < -0.3 is 4.52 Å². The van der Waals surface area contributed by atoms with Gasteiger partial charge in [0.2, 0.25) is 0 Å². The van der Waals surface area contributed by atoms with Crippen LogP contribution in [0.25, 0.3) is 0 Å². The maximum Gasteiger partial charge on any atom is 0.117 e. The highest BCUT2D eigenvalue weighted by atomic mass is 31.2. The lowest BCUT2D eigenvalue weighted by molar-refractivity contribution is 0.227. The van der Waals surface area contributed by atoms with Crippen molar-refractivity contribution in [3.63, 3.8) is 0 Å². The molecule has 2 aromatic carbocycles. The number of nitrogens with zero attached hydrogens (tertiary/aromatic N) is 1. The van der Waals surface area contributed by atoms with Crippen LogP contribution in [-0.4, -0.2) is 36.6 Å². The first-order valence-electron chi connectivity index (χ1n) is 10.2. The fraction of sp³-hybridized carbons (Fsp3) is 0.478. The SMILES string of the molecule is CC(C)(C)[P@@]1O[C@@H](C[Si](C)(c2ccccc2)c2ccccc2)[C@H]2CCCN21. The molecule has 2 aliphatic heterocycles. The summed E-state index contributed by atoms with van der Waals surface area (Å²) in [5, 5.41) is 3.28. The van der Waals surface area contributed by atoms with E-state index in [1.807, 2.05) is 0 Å². The number of hydrogen-bond acceptors (Lipinski definition) is 2. The van der Waals surface area contributed by atoms with Crippen LogP contribution in [0.15, 0.2) is 60.7 Å².